The summed E-state index contributed by atoms with van der Waals surface area (Å²) >= 11 is 1.64. The molecule has 0 atom stereocenters. The first-order valence-corrected chi connectivity index (χ1v) is 7.68. The lowest BCUT2D eigenvalue weighted by Crippen LogP contribution is -2.02. The monoisotopic (exact) mass is 291 g/mol. The lowest BCUT2D eigenvalue weighted by Gasteiger charge is -2.09. The molecule has 0 unspecified atom stereocenters. The number of thioether (sulfide) groups is 1. The summed E-state index contributed by atoms with van der Waals surface area (Å²) in [5, 5.41) is 11.9. The zero-order valence-electron chi connectivity index (χ0n) is 11.3. The molecule has 106 valence electrons. The molecule has 0 bridgehead atoms. The van der Waals surface area contributed by atoms with Crippen LogP contribution in [-0.2, 0) is 5.75 Å². The van der Waals surface area contributed by atoms with E-state index in [1.165, 1.54) is 12.8 Å². The summed E-state index contributed by atoms with van der Waals surface area (Å²) in [6.07, 6.45) is 2.34. The third-order valence-electron chi connectivity index (χ3n) is 3.11. The summed E-state index contributed by atoms with van der Waals surface area (Å²) in [6, 6.07) is 6.22. The number of rotatable bonds is 6. The molecule has 1 fully saturated rings. The van der Waals surface area contributed by atoms with Gasteiger partial charge < -0.3 is 10.5 Å². The van der Waals surface area contributed by atoms with Crippen molar-refractivity contribution >= 4 is 17.4 Å². The van der Waals surface area contributed by atoms with E-state index in [2.05, 4.69) is 15.5 Å². The van der Waals surface area contributed by atoms with Gasteiger partial charge in [0.05, 0.1) is 18.4 Å². The van der Waals surface area contributed by atoms with Crippen LogP contribution in [0.2, 0.25) is 0 Å². The number of tetrazole rings is 1. The van der Waals surface area contributed by atoms with Crippen LogP contribution in [0.15, 0.2) is 23.1 Å². The number of anilines is 1. The number of hydrogen-bond acceptors (Lipinski definition) is 6. The van der Waals surface area contributed by atoms with Crippen molar-refractivity contribution in [1.29, 1.82) is 0 Å². The van der Waals surface area contributed by atoms with Crippen molar-refractivity contribution in [3.8, 4) is 5.75 Å². The molecule has 3 rings (SSSR count). The highest BCUT2D eigenvalue weighted by Gasteiger charge is 2.27. The van der Waals surface area contributed by atoms with Gasteiger partial charge in [-0.1, -0.05) is 0 Å². The number of nitrogen functional groups attached to an aromatic ring is 1. The predicted octanol–water partition coefficient (Wildman–Crippen LogP) is 2.28. The summed E-state index contributed by atoms with van der Waals surface area (Å²) in [5.74, 6) is 2.45. The largest absolute Gasteiger partial charge is 0.494 e. The van der Waals surface area contributed by atoms with Gasteiger partial charge in [0.25, 0.3) is 0 Å². The van der Waals surface area contributed by atoms with E-state index in [1.54, 1.807) is 11.8 Å². The molecule has 6 nitrogen and oxygen atoms in total. The molecule has 2 aromatic rings. The fourth-order valence-corrected chi connectivity index (χ4v) is 2.86. The molecule has 0 saturated heterocycles. The first-order valence-electron chi connectivity index (χ1n) is 6.69. The van der Waals surface area contributed by atoms with Gasteiger partial charge >= 0.3 is 0 Å². The molecule has 1 saturated carbocycles. The van der Waals surface area contributed by atoms with E-state index in [4.69, 9.17) is 10.5 Å². The fourth-order valence-electron chi connectivity index (χ4n) is 1.95. The molecule has 0 spiro atoms. The summed E-state index contributed by atoms with van der Waals surface area (Å²) in [6.45, 7) is 2.61. The van der Waals surface area contributed by atoms with E-state index in [9.17, 15) is 0 Å². The SMILES string of the molecule is CCOc1ccc(N)c(SCc2nnnn2C2CC2)c1. The van der Waals surface area contributed by atoms with Crippen LogP contribution in [0.25, 0.3) is 0 Å². The Morgan fingerprint density at radius 2 is 2.30 bits per heavy atom. The average Bonchev–Trinajstić information content (AvgIpc) is 3.19. The first-order chi connectivity index (χ1) is 9.78. The fraction of sp³-hybridized carbons (Fsp3) is 0.462. The minimum atomic E-state index is 0.493. The second kappa shape index (κ2) is 5.70. The molecule has 1 heterocycles. The first kappa shape index (κ1) is 13.2. The molecule has 1 aliphatic carbocycles. The lowest BCUT2D eigenvalue weighted by atomic mass is 10.3. The van der Waals surface area contributed by atoms with Gasteiger partial charge in [-0.05, 0) is 48.4 Å². The molecule has 0 aliphatic heterocycles. The third kappa shape index (κ3) is 2.87. The van der Waals surface area contributed by atoms with Crippen molar-refractivity contribution in [1.82, 2.24) is 20.2 Å². The number of nitrogens with zero attached hydrogens (tertiary/aromatic N) is 4. The molecular weight excluding hydrogens is 274 g/mol. The molecular formula is C13H17N5OS. The van der Waals surface area contributed by atoms with Gasteiger partial charge in [0.2, 0.25) is 0 Å². The van der Waals surface area contributed by atoms with Gasteiger partial charge in [-0.25, -0.2) is 4.68 Å². The number of aromatic nitrogens is 4. The van der Waals surface area contributed by atoms with E-state index in [1.807, 2.05) is 29.8 Å². The van der Waals surface area contributed by atoms with Crippen molar-refractivity contribution in [2.24, 2.45) is 0 Å². The summed E-state index contributed by atoms with van der Waals surface area (Å²) in [5.41, 5.74) is 6.75. The highest BCUT2D eigenvalue weighted by molar-refractivity contribution is 7.98. The Morgan fingerprint density at radius 1 is 1.45 bits per heavy atom. The topological polar surface area (TPSA) is 78.8 Å². The third-order valence-corrected chi connectivity index (χ3v) is 4.17. The van der Waals surface area contributed by atoms with Gasteiger partial charge in [0.15, 0.2) is 5.82 Å². The summed E-state index contributed by atoms with van der Waals surface area (Å²) in [4.78, 5) is 1.00. The Bertz CT molecular complexity index is 596. The second-order valence-electron chi connectivity index (χ2n) is 4.69. The standard InChI is InChI=1S/C13H17N5OS/c1-2-19-10-5-6-11(14)12(7-10)20-8-13-15-16-17-18(13)9-3-4-9/h5-7,9H,2-4,8,14H2,1H3. The van der Waals surface area contributed by atoms with E-state index in [0.29, 0.717) is 18.4 Å². The smallest absolute Gasteiger partial charge is 0.161 e. The van der Waals surface area contributed by atoms with Crippen molar-refractivity contribution in [3.05, 3.63) is 24.0 Å². The number of ether oxygens (including phenoxy) is 1. The van der Waals surface area contributed by atoms with Crippen LogP contribution in [0.1, 0.15) is 31.6 Å². The van der Waals surface area contributed by atoms with Crippen LogP contribution in [0.4, 0.5) is 5.69 Å². The van der Waals surface area contributed by atoms with E-state index in [-0.39, 0.29) is 0 Å². The predicted molar refractivity (Wildman–Crippen MR) is 77.7 cm³/mol. The minimum absolute atomic E-state index is 0.493. The van der Waals surface area contributed by atoms with Crippen molar-refractivity contribution < 1.29 is 4.74 Å². The Labute approximate surface area is 121 Å². The molecule has 20 heavy (non-hydrogen) atoms. The molecule has 1 aromatic carbocycles. The molecule has 0 radical (unpaired) electrons. The molecule has 1 aliphatic rings. The molecule has 1 aromatic heterocycles. The maximum Gasteiger partial charge on any atom is 0.161 e. The number of nitrogens with two attached hydrogens (primary N) is 1. The average molecular weight is 291 g/mol. The van der Waals surface area contributed by atoms with Crippen molar-refractivity contribution in [3.63, 3.8) is 0 Å². The van der Waals surface area contributed by atoms with Gasteiger partial charge in [0, 0.05) is 10.6 Å². The quantitative estimate of drug-likeness (QED) is 0.650. The normalized spacial score (nSPS) is 14.4. The van der Waals surface area contributed by atoms with E-state index < -0.39 is 0 Å². The van der Waals surface area contributed by atoms with Crippen LogP contribution in [0.3, 0.4) is 0 Å². The number of benzene rings is 1. The van der Waals surface area contributed by atoms with Gasteiger partial charge in [0.1, 0.15) is 5.75 Å². The Balaban J connectivity index is 1.70. The highest BCUT2D eigenvalue weighted by atomic mass is 32.2. The minimum Gasteiger partial charge on any atom is -0.494 e. The number of hydrogen-bond donors (Lipinski definition) is 1. The van der Waals surface area contributed by atoms with Crippen LogP contribution >= 0.6 is 11.8 Å². The summed E-state index contributed by atoms with van der Waals surface area (Å²) < 4.78 is 7.42. The Kier molecular flexibility index (Phi) is 3.77. The van der Waals surface area contributed by atoms with Crippen molar-refractivity contribution in [2.45, 2.75) is 36.5 Å². The van der Waals surface area contributed by atoms with E-state index in [0.717, 1.165) is 22.2 Å². The van der Waals surface area contributed by atoms with Crippen LogP contribution < -0.4 is 10.5 Å². The highest BCUT2D eigenvalue weighted by Crippen LogP contribution is 2.36. The van der Waals surface area contributed by atoms with Crippen LogP contribution in [0, 0.1) is 0 Å². The van der Waals surface area contributed by atoms with Gasteiger partial charge in [-0.15, -0.1) is 16.9 Å². The zero-order chi connectivity index (χ0) is 13.9. The zero-order valence-corrected chi connectivity index (χ0v) is 12.1. The molecule has 0 amide bonds. The van der Waals surface area contributed by atoms with Gasteiger partial charge in [-0.3, -0.25) is 0 Å². The van der Waals surface area contributed by atoms with Crippen LogP contribution in [0.5, 0.6) is 5.75 Å². The maximum absolute atomic E-state index is 6.00. The van der Waals surface area contributed by atoms with Crippen LogP contribution in [-0.4, -0.2) is 26.8 Å². The second-order valence-corrected chi connectivity index (χ2v) is 5.71. The molecule has 2 N–H and O–H groups in total. The van der Waals surface area contributed by atoms with Crippen molar-refractivity contribution in [2.75, 3.05) is 12.3 Å². The lowest BCUT2D eigenvalue weighted by molar-refractivity contribution is 0.339. The molecule has 7 heteroatoms. The summed E-state index contributed by atoms with van der Waals surface area (Å²) in [7, 11) is 0. The maximum atomic E-state index is 6.00. The Morgan fingerprint density at radius 3 is 3.05 bits per heavy atom. The van der Waals surface area contributed by atoms with E-state index >= 15 is 0 Å². The Hall–Kier alpha value is -1.76. The van der Waals surface area contributed by atoms with Gasteiger partial charge in [-0.2, -0.15) is 0 Å².